The van der Waals surface area contributed by atoms with Crippen LogP contribution >= 0.6 is 35.7 Å². The van der Waals surface area contributed by atoms with E-state index >= 15 is 0 Å². The number of nitrogens with one attached hydrogen (secondary N) is 2. The lowest BCUT2D eigenvalue weighted by atomic mass is 10.1. The summed E-state index contributed by atoms with van der Waals surface area (Å²) >= 11 is 1.61. The molecule has 0 aliphatic rings. The molecule has 0 heterocycles. The summed E-state index contributed by atoms with van der Waals surface area (Å²) in [4.78, 5) is 4.04. The van der Waals surface area contributed by atoms with Gasteiger partial charge in [0.2, 0.25) is 0 Å². The van der Waals surface area contributed by atoms with Crippen LogP contribution in [0.25, 0.3) is 0 Å². The number of benzene rings is 1. The molecule has 25 heavy (non-hydrogen) atoms. The highest BCUT2D eigenvalue weighted by molar-refractivity contribution is 14.0. The van der Waals surface area contributed by atoms with Crippen LogP contribution < -0.4 is 10.6 Å². The first-order chi connectivity index (χ1) is 11.4. The largest absolute Gasteiger partial charge is 0.389 e. The number of alkyl halides is 3. The molecule has 9 heteroatoms. The van der Waals surface area contributed by atoms with Crippen molar-refractivity contribution in [3.63, 3.8) is 0 Å². The zero-order valence-corrected chi connectivity index (χ0v) is 17.4. The van der Waals surface area contributed by atoms with Gasteiger partial charge in [-0.25, -0.2) is 4.39 Å². The lowest BCUT2D eigenvalue weighted by molar-refractivity contribution is -0.135. The fourth-order valence-corrected chi connectivity index (χ4v) is 2.69. The predicted octanol–water partition coefficient (Wildman–Crippen LogP) is 4.70. The Morgan fingerprint density at radius 1 is 1.16 bits per heavy atom. The van der Waals surface area contributed by atoms with Crippen LogP contribution in [-0.2, 0) is 12.3 Å². The summed E-state index contributed by atoms with van der Waals surface area (Å²) in [5.74, 6) is 0.953. The quantitative estimate of drug-likeness (QED) is 0.181. The monoisotopic (exact) mass is 493 g/mol. The summed E-state index contributed by atoms with van der Waals surface area (Å²) in [6, 6.07) is 4.65. The maximum atomic E-state index is 13.3. The van der Waals surface area contributed by atoms with E-state index in [2.05, 4.69) is 15.6 Å². The van der Waals surface area contributed by atoms with Crippen molar-refractivity contribution < 1.29 is 17.6 Å². The maximum Gasteiger partial charge on any atom is 0.389 e. The van der Waals surface area contributed by atoms with E-state index in [9.17, 15) is 17.6 Å². The van der Waals surface area contributed by atoms with Crippen LogP contribution in [0, 0.1) is 5.82 Å². The second kappa shape index (κ2) is 12.6. The SMILES string of the molecule is CN=C(NCCCCC(F)(F)F)NCc1ccc(F)cc1CSC.I. The van der Waals surface area contributed by atoms with Crippen LogP contribution in [-0.4, -0.2) is 32.0 Å². The van der Waals surface area contributed by atoms with Gasteiger partial charge >= 0.3 is 6.18 Å². The Kier molecular flexibility index (Phi) is 12.3. The van der Waals surface area contributed by atoms with Crippen molar-refractivity contribution in [1.82, 2.24) is 10.6 Å². The summed E-state index contributed by atoms with van der Waals surface area (Å²) in [5, 5.41) is 6.08. The summed E-state index contributed by atoms with van der Waals surface area (Å²) in [6.07, 6.45) is -2.42. The van der Waals surface area contributed by atoms with Crippen molar-refractivity contribution in [2.75, 3.05) is 19.8 Å². The molecule has 0 aliphatic heterocycles. The number of guanidine groups is 1. The molecular weight excluding hydrogens is 469 g/mol. The van der Waals surface area contributed by atoms with Crippen molar-refractivity contribution in [2.45, 2.75) is 37.7 Å². The predicted molar refractivity (Wildman–Crippen MR) is 107 cm³/mol. The molecule has 2 N–H and O–H groups in total. The fourth-order valence-electron chi connectivity index (χ4n) is 2.11. The number of halogens is 5. The Labute approximate surface area is 167 Å². The second-order valence-electron chi connectivity index (χ2n) is 5.27. The highest BCUT2D eigenvalue weighted by Crippen LogP contribution is 2.21. The van der Waals surface area contributed by atoms with Gasteiger partial charge in [0, 0.05) is 32.3 Å². The highest BCUT2D eigenvalue weighted by atomic mass is 127. The molecule has 3 nitrogen and oxygen atoms in total. The molecule has 0 unspecified atom stereocenters. The van der Waals surface area contributed by atoms with E-state index in [4.69, 9.17) is 0 Å². The van der Waals surface area contributed by atoms with Crippen molar-refractivity contribution in [3.05, 3.63) is 35.1 Å². The van der Waals surface area contributed by atoms with E-state index in [1.54, 1.807) is 24.9 Å². The molecule has 0 fully saturated rings. The third-order valence-corrected chi connectivity index (χ3v) is 3.92. The molecule has 144 valence electrons. The third-order valence-electron chi connectivity index (χ3n) is 3.32. The molecule has 0 saturated carbocycles. The number of aliphatic imine (C=N–C) groups is 1. The third kappa shape index (κ3) is 10.8. The van der Waals surface area contributed by atoms with Gasteiger partial charge in [-0.3, -0.25) is 4.99 Å². The number of hydrogen-bond acceptors (Lipinski definition) is 2. The molecule has 1 rings (SSSR count). The van der Waals surface area contributed by atoms with Crippen LogP contribution in [0.3, 0.4) is 0 Å². The van der Waals surface area contributed by atoms with Crippen molar-refractivity contribution in [2.24, 2.45) is 4.99 Å². The Bertz CT molecular complexity index is 539. The van der Waals surface area contributed by atoms with Gasteiger partial charge in [-0.05, 0) is 42.4 Å². The van der Waals surface area contributed by atoms with Crippen molar-refractivity contribution >= 4 is 41.7 Å². The molecule has 1 aromatic carbocycles. The first kappa shape index (κ1) is 24.3. The molecule has 0 radical (unpaired) electrons. The Balaban J connectivity index is 0.00000576. The van der Waals surface area contributed by atoms with Crippen LogP contribution in [0.2, 0.25) is 0 Å². The van der Waals surface area contributed by atoms with E-state index in [0.29, 0.717) is 31.2 Å². The van der Waals surface area contributed by atoms with E-state index < -0.39 is 12.6 Å². The first-order valence-electron chi connectivity index (χ1n) is 7.63. The van der Waals surface area contributed by atoms with E-state index in [-0.39, 0.29) is 36.2 Å². The fraction of sp³-hybridized carbons (Fsp3) is 0.562. The van der Waals surface area contributed by atoms with Gasteiger partial charge in [-0.1, -0.05) is 6.07 Å². The summed E-state index contributed by atoms with van der Waals surface area (Å²) in [7, 11) is 1.60. The Morgan fingerprint density at radius 2 is 1.88 bits per heavy atom. The molecular formula is C16H24F4IN3S. The number of nitrogens with zero attached hydrogens (tertiary/aromatic N) is 1. The van der Waals surface area contributed by atoms with Gasteiger partial charge in [0.15, 0.2) is 5.96 Å². The van der Waals surface area contributed by atoms with Crippen LogP contribution in [0.5, 0.6) is 0 Å². The minimum atomic E-state index is -4.10. The summed E-state index contributed by atoms with van der Waals surface area (Å²) in [6.45, 7) is 0.884. The van der Waals surface area contributed by atoms with E-state index in [1.165, 1.54) is 12.1 Å². The average Bonchev–Trinajstić information content (AvgIpc) is 2.50. The van der Waals surface area contributed by atoms with Gasteiger partial charge in [0.25, 0.3) is 0 Å². The number of thioether (sulfide) groups is 1. The molecule has 1 aromatic rings. The first-order valence-corrected chi connectivity index (χ1v) is 9.02. The number of hydrogen-bond donors (Lipinski definition) is 2. The molecule has 0 aliphatic carbocycles. The van der Waals surface area contributed by atoms with E-state index in [0.717, 1.165) is 11.1 Å². The van der Waals surface area contributed by atoms with Crippen LogP contribution in [0.15, 0.2) is 23.2 Å². The molecule has 0 atom stereocenters. The standard InChI is InChI=1S/C16H23F4N3S.HI/c1-21-15(22-8-4-3-7-16(18,19)20)23-10-12-5-6-14(17)9-13(12)11-24-2;/h5-6,9H,3-4,7-8,10-11H2,1-2H3,(H2,21,22,23);1H. The van der Waals surface area contributed by atoms with E-state index in [1.807, 2.05) is 6.26 Å². The normalized spacial score (nSPS) is 11.8. The molecule has 0 saturated heterocycles. The van der Waals surface area contributed by atoms with Gasteiger partial charge in [-0.15, -0.1) is 24.0 Å². The maximum absolute atomic E-state index is 13.3. The lowest BCUT2D eigenvalue weighted by Gasteiger charge is -2.14. The van der Waals surface area contributed by atoms with Gasteiger partial charge < -0.3 is 10.6 Å². The number of rotatable bonds is 8. The Morgan fingerprint density at radius 3 is 2.48 bits per heavy atom. The van der Waals surface area contributed by atoms with Gasteiger partial charge in [-0.2, -0.15) is 24.9 Å². The van der Waals surface area contributed by atoms with Crippen molar-refractivity contribution in [1.29, 1.82) is 0 Å². The number of unbranched alkanes of at least 4 members (excludes halogenated alkanes) is 1. The highest BCUT2D eigenvalue weighted by Gasteiger charge is 2.25. The van der Waals surface area contributed by atoms with Crippen molar-refractivity contribution in [3.8, 4) is 0 Å². The summed E-state index contributed by atoms with van der Waals surface area (Å²) < 4.78 is 49.5. The topological polar surface area (TPSA) is 36.4 Å². The minimum Gasteiger partial charge on any atom is -0.356 e. The van der Waals surface area contributed by atoms with Gasteiger partial charge in [0.05, 0.1) is 0 Å². The molecule has 0 aromatic heterocycles. The molecule has 0 spiro atoms. The zero-order valence-electron chi connectivity index (χ0n) is 14.3. The lowest BCUT2D eigenvalue weighted by Crippen LogP contribution is -2.37. The second-order valence-corrected chi connectivity index (χ2v) is 6.14. The van der Waals surface area contributed by atoms with Gasteiger partial charge in [0.1, 0.15) is 5.82 Å². The molecule has 0 bridgehead atoms. The molecule has 0 amide bonds. The zero-order chi connectivity index (χ0) is 18.0. The smallest absolute Gasteiger partial charge is 0.356 e. The summed E-state index contributed by atoms with van der Waals surface area (Å²) in [5.41, 5.74) is 1.88. The Hall–Kier alpha value is -0.710. The van der Waals surface area contributed by atoms with Crippen LogP contribution in [0.1, 0.15) is 30.4 Å². The minimum absolute atomic E-state index is 0. The van der Waals surface area contributed by atoms with Crippen LogP contribution in [0.4, 0.5) is 17.6 Å². The average molecular weight is 493 g/mol.